The summed E-state index contributed by atoms with van der Waals surface area (Å²) < 4.78 is 15.0. The molecule has 7 heteroatoms. The highest BCUT2D eigenvalue weighted by atomic mass is 35.5. The molecule has 140 valence electrons. The van der Waals surface area contributed by atoms with Crippen LogP contribution in [0.3, 0.4) is 0 Å². The number of imidazole rings is 1. The van der Waals surface area contributed by atoms with Crippen LogP contribution in [0.4, 0.5) is 10.2 Å². The second kappa shape index (κ2) is 7.26. The molecule has 1 amide bonds. The Morgan fingerprint density at radius 3 is 2.54 bits per heavy atom. The Morgan fingerprint density at radius 1 is 1.07 bits per heavy atom. The number of benzene rings is 2. The Bertz CT molecular complexity index is 1200. The molecule has 0 aliphatic carbocycles. The topological polar surface area (TPSA) is 46.4 Å². The number of halogens is 3. The van der Waals surface area contributed by atoms with Gasteiger partial charge in [0.05, 0.1) is 10.0 Å². The van der Waals surface area contributed by atoms with E-state index in [0.717, 1.165) is 5.56 Å². The van der Waals surface area contributed by atoms with Crippen LogP contribution >= 0.6 is 23.2 Å². The van der Waals surface area contributed by atoms with Gasteiger partial charge in [-0.3, -0.25) is 9.20 Å². The summed E-state index contributed by atoms with van der Waals surface area (Å²) in [4.78, 5) is 17.4. The van der Waals surface area contributed by atoms with E-state index in [1.54, 1.807) is 22.6 Å². The van der Waals surface area contributed by atoms with Crippen LogP contribution in [0.25, 0.3) is 16.9 Å². The molecule has 0 bridgehead atoms. The van der Waals surface area contributed by atoms with Crippen molar-refractivity contribution in [2.75, 3.05) is 5.32 Å². The molecule has 0 aliphatic rings. The molecule has 0 radical (unpaired) electrons. The van der Waals surface area contributed by atoms with E-state index in [0.29, 0.717) is 38.3 Å². The predicted molar refractivity (Wildman–Crippen MR) is 110 cm³/mol. The third kappa shape index (κ3) is 3.35. The molecule has 2 aromatic carbocycles. The lowest BCUT2D eigenvalue weighted by atomic mass is 10.1. The van der Waals surface area contributed by atoms with E-state index in [9.17, 15) is 9.18 Å². The first kappa shape index (κ1) is 18.5. The average Bonchev–Trinajstić information content (AvgIpc) is 3.04. The Hall–Kier alpha value is -2.89. The summed E-state index contributed by atoms with van der Waals surface area (Å²) in [7, 11) is 0. The van der Waals surface area contributed by atoms with Crippen LogP contribution in [0.15, 0.2) is 60.8 Å². The van der Waals surface area contributed by atoms with Gasteiger partial charge in [-0.25, -0.2) is 9.37 Å². The van der Waals surface area contributed by atoms with Gasteiger partial charge in [-0.1, -0.05) is 35.3 Å². The molecule has 2 aromatic heterocycles. The molecule has 4 aromatic rings. The Morgan fingerprint density at radius 2 is 1.82 bits per heavy atom. The monoisotopic (exact) mass is 413 g/mol. The lowest BCUT2D eigenvalue weighted by Gasteiger charge is -2.09. The highest BCUT2D eigenvalue weighted by Crippen LogP contribution is 2.34. The van der Waals surface area contributed by atoms with Crippen LogP contribution in [-0.4, -0.2) is 15.3 Å². The SMILES string of the molecule is Cc1cccn2c(NC(=O)c3ccc(F)cc3)c(-c3ccc(Cl)c(Cl)c3)nc12. The smallest absolute Gasteiger partial charge is 0.256 e. The zero-order valence-electron chi connectivity index (χ0n) is 14.7. The fourth-order valence-electron chi connectivity index (χ4n) is 2.95. The number of carbonyl (C=O) groups excluding carboxylic acids is 1. The van der Waals surface area contributed by atoms with Crippen molar-refractivity contribution in [3.8, 4) is 11.3 Å². The molecule has 0 atom stereocenters. The zero-order valence-corrected chi connectivity index (χ0v) is 16.2. The third-order valence-corrected chi connectivity index (χ3v) is 5.12. The van der Waals surface area contributed by atoms with Crippen molar-refractivity contribution < 1.29 is 9.18 Å². The molecule has 0 aliphatic heterocycles. The standard InChI is InChI=1S/C21H14Cl2FN3O/c1-12-3-2-10-27-19(12)25-18(14-6-9-16(22)17(23)11-14)20(27)26-21(28)13-4-7-15(24)8-5-13/h2-11H,1H3,(H,26,28). The number of aryl methyl sites for hydroxylation is 1. The third-order valence-electron chi connectivity index (χ3n) is 4.38. The lowest BCUT2D eigenvalue weighted by molar-refractivity contribution is 0.102. The van der Waals surface area contributed by atoms with Crippen molar-refractivity contribution in [2.45, 2.75) is 6.92 Å². The molecule has 0 spiro atoms. The van der Waals surface area contributed by atoms with E-state index in [-0.39, 0.29) is 5.91 Å². The molecule has 0 unspecified atom stereocenters. The van der Waals surface area contributed by atoms with Crippen molar-refractivity contribution in [2.24, 2.45) is 0 Å². The van der Waals surface area contributed by atoms with E-state index in [1.807, 2.05) is 25.3 Å². The summed E-state index contributed by atoms with van der Waals surface area (Å²) in [5.74, 6) is -0.283. The van der Waals surface area contributed by atoms with Crippen molar-refractivity contribution >= 4 is 40.6 Å². The molecule has 4 nitrogen and oxygen atoms in total. The molecular formula is C21H14Cl2FN3O. The number of carbonyl (C=O) groups is 1. The average molecular weight is 414 g/mol. The fourth-order valence-corrected chi connectivity index (χ4v) is 3.25. The van der Waals surface area contributed by atoms with E-state index < -0.39 is 5.82 Å². The molecule has 0 saturated carbocycles. The number of hydrogen-bond donors (Lipinski definition) is 1. The van der Waals surface area contributed by atoms with Gasteiger partial charge in [0.25, 0.3) is 5.91 Å². The van der Waals surface area contributed by atoms with E-state index in [2.05, 4.69) is 5.32 Å². The van der Waals surface area contributed by atoms with Gasteiger partial charge in [-0.15, -0.1) is 0 Å². The summed E-state index contributed by atoms with van der Waals surface area (Å²) in [5, 5.41) is 3.72. The highest BCUT2D eigenvalue weighted by Gasteiger charge is 2.19. The normalized spacial score (nSPS) is 11.0. The van der Waals surface area contributed by atoms with Crippen molar-refractivity contribution in [3.05, 3.63) is 87.8 Å². The van der Waals surface area contributed by atoms with Crippen LogP contribution in [0.2, 0.25) is 10.0 Å². The van der Waals surface area contributed by atoms with Crippen LogP contribution in [-0.2, 0) is 0 Å². The van der Waals surface area contributed by atoms with Crippen molar-refractivity contribution in [1.82, 2.24) is 9.38 Å². The maximum Gasteiger partial charge on any atom is 0.256 e. The van der Waals surface area contributed by atoms with Gasteiger partial charge in [0.1, 0.15) is 23.0 Å². The number of amides is 1. The lowest BCUT2D eigenvalue weighted by Crippen LogP contribution is -2.14. The predicted octanol–water partition coefficient (Wildman–Crippen LogP) is 6.01. The minimum atomic E-state index is -0.404. The molecular weight excluding hydrogens is 400 g/mol. The first-order valence-corrected chi connectivity index (χ1v) is 9.19. The van der Waals surface area contributed by atoms with E-state index in [1.165, 1.54) is 24.3 Å². The molecule has 28 heavy (non-hydrogen) atoms. The van der Waals surface area contributed by atoms with Gasteiger partial charge < -0.3 is 5.32 Å². The maximum absolute atomic E-state index is 13.2. The van der Waals surface area contributed by atoms with Gasteiger partial charge in [-0.05, 0) is 55.0 Å². The second-order valence-corrected chi connectivity index (χ2v) is 7.10. The molecule has 4 rings (SSSR count). The molecule has 2 heterocycles. The summed E-state index contributed by atoms with van der Waals surface area (Å²) in [6, 6.07) is 14.3. The van der Waals surface area contributed by atoms with E-state index >= 15 is 0 Å². The van der Waals surface area contributed by atoms with Crippen LogP contribution in [0.5, 0.6) is 0 Å². The van der Waals surface area contributed by atoms with Crippen molar-refractivity contribution in [3.63, 3.8) is 0 Å². The molecule has 0 fully saturated rings. The highest BCUT2D eigenvalue weighted by molar-refractivity contribution is 6.42. The summed E-state index contributed by atoms with van der Waals surface area (Å²) in [5.41, 5.74) is 3.27. The van der Waals surface area contributed by atoms with Gasteiger partial charge in [0, 0.05) is 17.3 Å². The van der Waals surface area contributed by atoms with Gasteiger partial charge in [0.15, 0.2) is 0 Å². The van der Waals surface area contributed by atoms with Crippen LogP contribution in [0, 0.1) is 12.7 Å². The summed E-state index contributed by atoms with van der Waals surface area (Å²) in [6.07, 6.45) is 1.82. The quantitative estimate of drug-likeness (QED) is 0.447. The Balaban J connectivity index is 1.85. The minimum Gasteiger partial charge on any atom is -0.306 e. The number of rotatable bonds is 3. The van der Waals surface area contributed by atoms with Crippen LogP contribution in [0.1, 0.15) is 15.9 Å². The minimum absolute atomic E-state index is 0.337. The zero-order chi connectivity index (χ0) is 19.8. The number of nitrogens with zero attached hydrogens (tertiary/aromatic N) is 2. The summed E-state index contributed by atoms with van der Waals surface area (Å²) >= 11 is 12.2. The van der Waals surface area contributed by atoms with E-state index in [4.69, 9.17) is 28.2 Å². The first-order valence-electron chi connectivity index (χ1n) is 8.44. The number of aromatic nitrogens is 2. The second-order valence-electron chi connectivity index (χ2n) is 6.28. The number of nitrogens with one attached hydrogen (secondary N) is 1. The number of pyridine rings is 1. The molecule has 1 N–H and O–H groups in total. The Labute approximate surface area is 170 Å². The maximum atomic E-state index is 13.2. The Kier molecular flexibility index (Phi) is 4.79. The number of fused-ring (bicyclic) bond motifs is 1. The summed E-state index contributed by atoms with van der Waals surface area (Å²) in [6.45, 7) is 1.94. The van der Waals surface area contributed by atoms with Gasteiger partial charge >= 0.3 is 0 Å². The van der Waals surface area contributed by atoms with Gasteiger partial charge in [-0.2, -0.15) is 0 Å². The van der Waals surface area contributed by atoms with Gasteiger partial charge in [0.2, 0.25) is 0 Å². The first-order chi connectivity index (χ1) is 13.4. The number of anilines is 1. The van der Waals surface area contributed by atoms with Crippen LogP contribution < -0.4 is 5.32 Å². The number of hydrogen-bond acceptors (Lipinski definition) is 2. The molecule has 0 saturated heterocycles. The largest absolute Gasteiger partial charge is 0.306 e. The van der Waals surface area contributed by atoms with Crippen molar-refractivity contribution in [1.29, 1.82) is 0 Å². The fraction of sp³-hybridized carbons (Fsp3) is 0.0476.